The molecule has 0 aliphatic carbocycles. The molecule has 2 aliphatic rings. The topological polar surface area (TPSA) is 50.8 Å². The van der Waals surface area contributed by atoms with E-state index in [1.807, 2.05) is 0 Å². The van der Waals surface area contributed by atoms with Gasteiger partial charge in [0.2, 0.25) is 5.91 Å². The first-order valence-electron chi connectivity index (χ1n) is 10.7. The van der Waals surface area contributed by atoms with Gasteiger partial charge in [0, 0.05) is 33.3 Å². The lowest BCUT2D eigenvalue weighted by molar-refractivity contribution is -0.126. The molecule has 2 heterocycles. The summed E-state index contributed by atoms with van der Waals surface area (Å²) in [7, 11) is 1.54. The van der Waals surface area contributed by atoms with E-state index < -0.39 is 0 Å². The number of carbonyl (C=O) groups excluding carboxylic acids is 1. The van der Waals surface area contributed by atoms with Crippen LogP contribution in [0.2, 0.25) is 0 Å². The molecule has 28 heavy (non-hydrogen) atoms. The van der Waals surface area contributed by atoms with Gasteiger partial charge in [0.05, 0.1) is 11.7 Å². The molecule has 3 rings (SSSR count). The van der Waals surface area contributed by atoms with Gasteiger partial charge in [-0.2, -0.15) is 0 Å². The minimum Gasteiger partial charge on any atom is -0.375 e. The number of piperidine rings is 1. The Labute approximate surface area is 169 Å². The van der Waals surface area contributed by atoms with Gasteiger partial charge in [-0.3, -0.25) is 9.69 Å². The first kappa shape index (κ1) is 21.3. The van der Waals surface area contributed by atoms with Crippen molar-refractivity contribution >= 4 is 5.91 Å². The van der Waals surface area contributed by atoms with E-state index in [2.05, 4.69) is 48.3 Å². The van der Waals surface area contributed by atoms with Crippen LogP contribution in [0.4, 0.5) is 0 Å². The highest BCUT2D eigenvalue weighted by Gasteiger charge is 2.42. The predicted molar refractivity (Wildman–Crippen MR) is 111 cm³/mol. The zero-order valence-electron chi connectivity index (χ0n) is 17.7. The maximum atomic E-state index is 11.6. The van der Waals surface area contributed by atoms with Crippen LogP contribution < -0.4 is 5.32 Å². The minimum absolute atomic E-state index is 0.0221. The molecule has 2 fully saturated rings. The quantitative estimate of drug-likeness (QED) is 0.743. The fourth-order valence-electron chi connectivity index (χ4n) is 4.45. The number of methoxy groups -OCH3 is 1. The van der Waals surface area contributed by atoms with Crippen LogP contribution >= 0.6 is 0 Å². The molecule has 5 nitrogen and oxygen atoms in total. The van der Waals surface area contributed by atoms with Crippen LogP contribution in [-0.4, -0.2) is 55.9 Å². The van der Waals surface area contributed by atoms with Crippen LogP contribution in [-0.2, 0) is 27.2 Å². The van der Waals surface area contributed by atoms with Gasteiger partial charge in [-0.05, 0) is 49.1 Å². The van der Waals surface area contributed by atoms with Crippen molar-refractivity contribution in [3.05, 3.63) is 35.4 Å². The minimum atomic E-state index is -0.0683. The number of hydrogen-bond donors (Lipinski definition) is 1. The smallest absolute Gasteiger partial charge is 0.246 e. The number of nitrogens with zero attached hydrogens (tertiary/aromatic N) is 1. The molecule has 1 aromatic carbocycles. The van der Waals surface area contributed by atoms with Crippen LogP contribution in [0.25, 0.3) is 0 Å². The van der Waals surface area contributed by atoms with Gasteiger partial charge in [-0.25, -0.2) is 0 Å². The molecule has 0 saturated carbocycles. The molecule has 0 aromatic heterocycles. The molecule has 5 heteroatoms. The van der Waals surface area contributed by atoms with Gasteiger partial charge in [0.15, 0.2) is 0 Å². The highest BCUT2D eigenvalue weighted by molar-refractivity contribution is 5.77. The Morgan fingerprint density at radius 3 is 2.54 bits per heavy atom. The second-order valence-corrected chi connectivity index (χ2v) is 8.89. The van der Waals surface area contributed by atoms with Crippen molar-refractivity contribution in [2.75, 3.05) is 33.4 Å². The van der Waals surface area contributed by atoms with Crippen LogP contribution in [0.3, 0.4) is 0 Å². The monoisotopic (exact) mass is 388 g/mol. The number of nitrogens with one attached hydrogen (secondary N) is 1. The third-order valence-corrected chi connectivity index (χ3v) is 5.98. The van der Waals surface area contributed by atoms with Gasteiger partial charge in [0.1, 0.15) is 6.61 Å². The summed E-state index contributed by atoms with van der Waals surface area (Å²) in [4.78, 5) is 14.1. The molecule has 1 atom stereocenters. The molecule has 2 saturated heterocycles. The average molecular weight is 389 g/mol. The number of ether oxygens (including phenoxy) is 2. The van der Waals surface area contributed by atoms with Crippen LogP contribution in [0, 0.1) is 5.92 Å². The second kappa shape index (κ2) is 9.86. The molecule has 0 radical (unpaired) electrons. The number of rotatable bonds is 8. The third-order valence-electron chi connectivity index (χ3n) is 5.98. The lowest BCUT2D eigenvalue weighted by Gasteiger charge is -2.39. The van der Waals surface area contributed by atoms with E-state index in [0.717, 1.165) is 51.7 Å². The number of benzene rings is 1. The second-order valence-electron chi connectivity index (χ2n) is 8.89. The Bertz CT molecular complexity index is 621. The number of carbonyl (C=O) groups is 1. The highest BCUT2D eigenvalue weighted by atomic mass is 16.5. The Morgan fingerprint density at radius 2 is 1.89 bits per heavy atom. The van der Waals surface area contributed by atoms with Gasteiger partial charge >= 0.3 is 0 Å². The molecule has 1 unspecified atom stereocenters. The molecule has 2 aliphatic heterocycles. The zero-order valence-corrected chi connectivity index (χ0v) is 17.7. The van der Waals surface area contributed by atoms with Gasteiger partial charge in [-0.15, -0.1) is 0 Å². The van der Waals surface area contributed by atoms with Crippen LogP contribution in [0.5, 0.6) is 0 Å². The maximum absolute atomic E-state index is 11.6. The first-order chi connectivity index (χ1) is 13.5. The van der Waals surface area contributed by atoms with Crippen LogP contribution in [0.15, 0.2) is 24.3 Å². The van der Waals surface area contributed by atoms with Crippen molar-refractivity contribution < 1.29 is 14.3 Å². The Morgan fingerprint density at radius 1 is 1.21 bits per heavy atom. The maximum Gasteiger partial charge on any atom is 0.246 e. The summed E-state index contributed by atoms with van der Waals surface area (Å²) in [5.74, 6) is 0.633. The zero-order chi connectivity index (χ0) is 20.0. The molecular weight excluding hydrogens is 352 g/mol. The van der Waals surface area contributed by atoms with Gasteiger partial charge in [-0.1, -0.05) is 38.1 Å². The molecule has 1 N–H and O–H groups in total. The highest BCUT2D eigenvalue weighted by Crippen LogP contribution is 2.39. The summed E-state index contributed by atoms with van der Waals surface area (Å²) in [6.07, 6.45) is 5.60. The average Bonchev–Trinajstić information content (AvgIpc) is 3.06. The molecule has 1 amide bonds. The summed E-state index contributed by atoms with van der Waals surface area (Å²) >= 11 is 0. The number of hydrogen-bond acceptors (Lipinski definition) is 4. The van der Waals surface area contributed by atoms with Crippen LogP contribution in [0.1, 0.15) is 50.7 Å². The largest absolute Gasteiger partial charge is 0.375 e. The molecule has 1 spiro atoms. The third kappa shape index (κ3) is 6.03. The lowest BCUT2D eigenvalue weighted by atomic mass is 9.88. The summed E-state index contributed by atoms with van der Waals surface area (Å²) in [6, 6.07) is 9.13. The standard InChI is InChI=1S/C23H36N2O3/c1-18(2)14-19-4-6-20(7-5-19)16-25-12-10-23(11-13-25)9-8-21(28-23)15-24-22(26)17-27-3/h4-7,18,21H,8-17H2,1-3H3,(H,24,26). The summed E-state index contributed by atoms with van der Waals surface area (Å²) in [5, 5.41) is 2.91. The molecule has 0 bridgehead atoms. The Hall–Kier alpha value is -1.43. The van der Waals surface area contributed by atoms with Gasteiger partial charge < -0.3 is 14.8 Å². The number of amides is 1. The Balaban J connectivity index is 1.41. The van der Waals surface area contributed by atoms with Crippen molar-refractivity contribution in [2.24, 2.45) is 5.92 Å². The predicted octanol–water partition coefficient (Wildman–Crippen LogP) is 3.16. The van der Waals surface area contributed by atoms with E-state index in [1.54, 1.807) is 0 Å². The SMILES string of the molecule is COCC(=O)NCC1CCC2(CCN(Cc3ccc(CC(C)C)cc3)CC2)O1. The lowest BCUT2D eigenvalue weighted by Crippen LogP contribution is -2.45. The van der Waals surface area contributed by atoms with E-state index in [4.69, 9.17) is 9.47 Å². The molecule has 156 valence electrons. The van der Waals surface area contributed by atoms with Crippen molar-refractivity contribution in [2.45, 2.75) is 64.2 Å². The molecular formula is C23H36N2O3. The molecule has 1 aromatic rings. The van der Waals surface area contributed by atoms with E-state index in [9.17, 15) is 4.79 Å². The summed E-state index contributed by atoms with van der Waals surface area (Å²) in [6.45, 7) is 8.42. The first-order valence-corrected chi connectivity index (χ1v) is 10.7. The van der Waals surface area contributed by atoms with E-state index >= 15 is 0 Å². The summed E-state index contributed by atoms with van der Waals surface area (Å²) in [5.41, 5.74) is 2.85. The van der Waals surface area contributed by atoms with Crippen molar-refractivity contribution in [3.8, 4) is 0 Å². The number of likely N-dealkylation sites (tertiary alicyclic amines) is 1. The fraction of sp³-hybridized carbons (Fsp3) is 0.696. The van der Waals surface area contributed by atoms with Crippen molar-refractivity contribution in [1.82, 2.24) is 10.2 Å². The summed E-state index contributed by atoms with van der Waals surface area (Å²) < 4.78 is 11.2. The van der Waals surface area contributed by atoms with Crippen molar-refractivity contribution in [3.63, 3.8) is 0 Å². The van der Waals surface area contributed by atoms with E-state index in [0.29, 0.717) is 12.5 Å². The van der Waals surface area contributed by atoms with E-state index in [1.165, 1.54) is 18.2 Å². The van der Waals surface area contributed by atoms with E-state index in [-0.39, 0.29) is 24.2 Å². The van der Waals surface area contributed by atoms with Crippen molar-refractivity contribution in [1.29, 1.82) is 0 Å². The van der Waals surface area contributed by atoms with Gasteiger partial charge in [0.25, 0.3) is 0 Å². The fourth-order valence-corrected chi connectivity index (χ4v) is 4.45. The Kier molecular flexibility index (Phi) is 7.49. The normalized spacial score (nSPS) is 22.1.